The number of aryl methyl sites for hydroxylation is 1. The quantitative estimate of drug-likeness (QED) is 0.640. The Balaban J connectivity index is 1.76. The molecular weight excluding hydrogens is 364 g/mol. The molecule has 152 valence electrons. The Bertz CT molecular complexity index is 843. The third-order valence-electron chi connectivity index (χ3n) is 6.21. The number of anilines is 2. The number of nitrogens with one attached hydrogen (secondary N) is 1. The average molecular weight is 399 g/mol. The molecule has 1 aromatic heterocycles. The van der Waals surface area contributed by atoms with Crippen LogP contribution in [-0.2, 0) is 12.8 Å². The van der Waals surface area contributed by atoms with Gasteiger partial charge in [0, 0.05) is 34.7 Å². The maximum Gasteiger partial charge on any atom is 0.256 e. The number of rotatable bonds is 5. The summed E-state index contributed by atoms with van der Waals surface area (Å²) in [5, 5.41) is 5.22. The monoisotopic (exact) mass is 398 g/mol. The Morgan fingerprint density at radius 1 is 1.25 bits per heavy atom. The van der Waals surface area contributed by atoms with E-state index in [0.717, 1.165) is 42.7 Å². The van der Waals surface area contributed by atoms with Gasteiger partial charge in [0.1, 0.15) is 0 Å². The van der Waals surface area contributed by atoms with Crippen LogP contribution >= 0.6 is 11.3 Å². The molecular formula is C24H34N2OS. The predicted molar refractivity (Wildman–Crippen MR) is 122 cm³/mol. The van der Waals surface area contributed by atoms with Crippen molar-refractivity contribution in [3.63, 3.8) is 0 Å². The maximum atomic E-state index is 13.0. The minimum Gasteiger partial charge on any atom is -0.372 e. The number of fused-ring (bicyclic) bond motifs is 1. The summed E-state index contributed by atoms with van der Waals surface area (Å²) in [6.07, 6.45) is 3.29. The Morgan fingerprint density at radius 2 is 1.96 bits per heavy atom. The summed E-state index contributed by atoms with van der Waals surface area (Å²) < 4.78 is 0. The topological polar surface area (TPSA) is 32.3 Å². The first-order chi connectivity index (χ1) is 13.2. The fourth-order valence-corrected chi connectivity index (χ4v) is 5.37. The summed E-state index contributed by atoms with van der Waals surface area (Å²) >= 11 is 1.76. The SMILES string of the molecule is CCN(CC)c1ccc(NC(=O)c2csc3c2CCC(C(C)(C)C)C3)c(C)c1. The summed E-state index contributed by atoms with van der Waals surface area (Å²) in [4.78, 5) is 16.7. The van der Waals surface area contributed by atoms with E-state index in [4.69, 9.17) is 0 Å². The maximum absolute atomic E-state index is 13.0. The first-order valence-electron chi connectivity index (χ1n) is 10.5. The van der Waals surface area contributed by atoms with Crippen LogP contribution in [0.3, 0.4) is 0 Å². The number of carbonyl (C=O) groups excluding carboxylic acids is 1. The van der Waals surface area contributed by atoms with Crippen molar-refractivity contribution in [2.24, 2.45) is 11.3 Å². The van der Waals surface area contributed by atoms with Crippen molar-refractivity contribution in [1.82, 2.24) is 0 Å². The molecule has 1 N–H and O–H groups in total. The third kappa shape index (κ3) is 4.27. The molecule has 4 heteroatoms. The average Bonchev–Trinajstić information content (AvgIpc) is 3.07. The highest BCUT2D eigenvalue weighted by Crippen LogP contribution is 2.40. The molecule has 28 heavy (non-hydrogen) atoms. The number of nitrogens with zero attached hydrogens (tertiary/aromatic N) is 1. The van der Waals surface area contributed by atoms with Crippen molar-refractivity contribution in [2.45, 2.75) is 60.8 Å². The Morgan fingerprint density at radius 3 is 2.57 bits per heavy atom. The molecule has 1 heterocycles. The molecule has 1 aliphatic carbocycles. The molecule has 1 unspecified atom stereocenters. The standard InChI is InChI=1S/C24H34N2OS/c1-7-26(8-2)18-10-12-21(16(3)13-18)25-23(27)20-15-28-22-14-17(24(4,5)6)9-11-19(20)22/h10,12-13,15,17H,7-9,11,14H2,1-6H3,(H,25,27). The molecule has 0 saturated carbocycles. The first-order valence-corrected chi connectivity index (χ1v) is 11.4. The van der Waals surface area contributed by atoms with Crippen LogP contribution < -0.4 is 10.2 Å². The number of benzene rings is 1. The van der Waals surface area contributed by atoms with E-state index in [1.807, 2.05) is 6.07 Å². The lowest BCUT2D eigenvalue weighted by atomic mass is 9.72. The van der Waals surface area contributed by atoms with E-state index in [1.165, 1.54) is 22.5 Å². The summed E-state index contributed by atoms with van der Waals surface area (Å²) in [7, 11) is 0. The van der Waals surface area contributed by atoms with Crippen LogP contribution in [0, 0.1) is 18.3 Å². The van der Waals surface area contributed by atoms with Gasteiger partial charge in [0.2, 0.25) is 0 Å². The zero-order valence-corrected chi connectivity index (χ0v) is 19.0. The van der Waals surface area contributed by atoms with Crippen molar-refractivity contribution < 1.29 is 4.79 Å². The molecule has 0 spiro atoms. The van der Waals surface area contributed by atoms with Crippen LogP contribution in [0.25, 0.3) is 0 Å². The van der Waals surface area contributed by atoms with Gasteiger partial charge in [-0.1, -0.05) is 20.8 Å². The second-order valence-electron chi connectivity index (χ2n) is 8.98. The third-order valence-corrected chi connectivity index (χ3v) is 7.26. The van der Waals surface area contributed by atoms with Crippen LogP contribution in [0.15, 0.2) is 23.6 Å². The van der Waals surface area contributed by atoms with Gasteiger partial charge in [-0.15, -0.1) is 11.3 Å². The number of thiophene rings is 1. The van der Waals surface area contributed by atoms with Crippen LogP contribution in [0.4, 0.5) is 11.4 Å². The second-order valence-corrected chi connectivity index (χ2v) is 9.95. The van der Waals surface area contributed by atoms with Crippen molar-refractivity contribution in [3.8, 4) is 0 Å². The van der Waals surface area contributed by atoms with Crippen molar-refractivity contribution >= 4 is 28.6 Å². The highest BCUT2D eigenvalue weighted by atomic mass is 32.1. The van der Waals surface area contributed by atoms with Gasteiger partial charge in [-0.2, -0.15) is 0 Å². The number of carbonyl (C=O) groups is 1. The van der Waals surface area contributed by atoms with Gasteiger partial charge in [-0.25, -0.2) is 0 Å². The number of hydrogen-bond acceptors (Lipinski definition) is 3. The van der Waals surface area contributed by atoms with E-state index in [0.29, 0.717) is 11.3 Å². The number of hydrogen-bond donors (Lipinski definition) is 1. The first kappa shape index (κ1) is 20.9. The zero-order chi connectivity index (χ0) is 20.5. The van der Waals surface area contributed by atoms with E-state index in [9.17, 15) is 4.79 Å². The molecule has 1 aliphatic rings. The van der Waals surface area contributed by atoms with Gasteiger partial charge in [-0.05, 0) is 80.7 Å². The van der Waals surface area contributed by atoms with Gasteiger partial charge in [0.15, 0.2) is 0 Å². The van der Waals surface area contributed by atoms with E-state index in [1.54, 1.807) is 11.3 Å². The lowest BCUT2D eigenvalue weighted by molar-refractivity contribution is 0.102. The summed E-state index contributed by atoms with van der Waals surface area (Å²) in [5.41, 5.74) is 5.70. The smallest absolute Gasteiger partial charge is 0.256 e. The summed E-state index contributed by atoms with van der Waals surface area (Å²) in [5.74, 6) is 0.731. The zero-order valence-electron chi connectivity index (χ0n) is 18.2. The lowest BCUT2D eigenvalue weighted by Crippen LogP contribution is -2.27. The van der Waals surface area contributed by atoms with E-state index in [2.05, 4.69) is 69.3 Å². The largest absolute Gasteiger partial charge is 0.372 e. The highest BCUT2D eigenvalue weighted by Gasteiger charge is 2.31. The van der Waals surface area contributed by atoms with Gasteiger partial charge < -0.3 is 10.2 Å². The minimum absolute atomic E-state index is 0.0328. The van der Waals surface area contributed by atoms with E-state index in [-0.39, 0.29) is 5.91 Å². The summed E-state index contributed by atoms with van der Waals surface area (Å²) in [6.45, 7) is 15.4. The van der Waals surface area contributed by atoms with Crippen LogP contribution in [0.2, 0.25) is 0 Å². The van der Waals surface area contributed by atoms with Gasteiger partial charge in [-0.3, -0.25) is 4.79 Å². The normalized spacial score (nSPS) is 16.6. The van der Waals surface area contributed by atoms with Crippen LogP contribution in [0.5, 0.6) is 0 Å². The molecule has 1 atom stereocenters. The Labute approximate surface area is 174 Å². The fourth-order valence-electron chi connectivity index (χ4n) is 4.21. The number of amides is 1. The molecule has 3 nitrogen and oxygen atoms in total. The molecule has 2 aromatic rings. The fraction of sp³-hybridized carbons (Fsp3) is 0.542. The minimum atomic E-state index is 0.0328. The molecule has 0 radical (unpaired) electrons. The van der Waals surface area contributed by atoms with E-state index < -0.39 is 0 Å². The molecule has 3 rings (SSSR count). The van der Waals surface area contributed by atoms with Gasteiger partial charge in [0.25, 0.3) is 5.91 Å². The van der Waals surface area contributed by atoms with Gasteiger partial charge >= 0.3 is 0 Å². The Hall–Kier alpha value is -1.81. The molecule has 0 aliphatic heterocycles. The summed E-state index contributed by atoms with van der Waals surface area (Å²) in [6, 6.07) is 6.31. The molecule has 0 saturated heterocycles. The predicted octanol–water partition coefficient (Wildman–Crippen LogP) is 6.31. The van der Waals surface area contributed by atoms with Crippen LogP contribution in [0.1, 0.15) is 67.4 Å². The Kier molecular flexibility index (Phi) is 6.18. The van der Waals surface area contributed by atoms with Crippen LogP contribution in [-0.4, -0.2) is 19.0 Å². The van der Waals surface area contributed by atoms with Crippen molar-refractivity contribution in [1.29, 1.82) is 0 Å². The molecule has 1 amide bonds. The van der Waals surface area contributed by atoms with Crippen molar-refractivity contribution in [3.05, 3.63) is 45.1 Å². The molecule has 1 aromatic carbocycles. The van der Waals surface area contributed by atoms with Gasteiger partial charge in [0.05, 0.1) is 5.56 Å². The molecule has 0 fully saturated rings. The molecule has 0 bridgehead atoms. The lowest BCUT2D eigenvalue weighted by Gasteiger charge is -2.34. The highest BCUT2D eigenvalue weighted by molar-refractivity contribution is 7.10. The van der Waals surface area contributed by atoms with Crippen molar-refractivity contribution in [2.75, 3.05) is 23.3 Å². The second kappa shape index (κ2) is 8.28. The van der Waals surface area contributed by atoms with E-state index >= 15 is 0 Å².